The maximum Gasteiger partial charge on any atom is 0.407 e. The number of halogens is 4. The van der Waals surface area contributed by atoms with E-state index in [1.165, 1.54) is 0 Å². The highest BCUT2D eigenvalue weighted by atomic mass is 32.2. The Labute approximate surface area is 159 Å². The lowest BCUT2D eigenvalue weighted by molar-refractivity contribution is -0.161. The standard InChI is InChI=1S/C17H19F4N3O3S/c1-28(26,27)9-6-13(15(25)24-16(10-22)7-8-16)23-14(17(19,20)21)11-2-4-12(18)5-3-11/h2-5,13-14,23H,6-9H2,1H3,(H,24,25)/t13?,14-/m0/s1. The van der Waals surface area contributed by atoms with Gasteiger partial charge in [0.15, 0.2) is 0 Å². The second-order valence-corrected chi connectivity index (χ2v) is 9.11. The molecule has 0 spiro atoms. The summed E-state index contributed by atoms with van der Waals surface area (Å²) in [6, 6.07) is 1.64. The third-order valence-electron chi connectivity index (χ3n) is 4.32. The fourth-order valence-corrected chi connectivity index (χ4v) is 3.23. The predicted molar refractivity (Wildman–Crippen MR) is 92.2 cm³/mol. The van der Waals surface area contributed by atoms with E-state index in [9.17, 15) is 30.8 Å². The summed E-state index contributed by atoms with van der Waals surface area (Å²) in [5.74, 6) is -2.13. The average molecular weight is 421 g/mol. The van der Waals surface area contributed by atoms with Gasteiger partial charge in [-0.3, -0.25) is 10.1 Å². The summed E-state index contributed by atoms with van der Waals surface area (Å²) >= 11 is 0. The Morgan fingerprint density at radius 3 is 2.29 bits per heavy atom. The number of nitrogens with one attached hydrogen (secondary N) is 2. The lowest BCUT2D eigenvalue weighted by atomic mass is 10.0. The van der Waals surface area contributed by atoms with Crippen LogP contribution in [0, 0.1) is 17.1 Å². The van der Waals surface area contributed by atoms with Crippen LogP contribution >= 0.6 is 0 Å². The van der Waals surface area contributed by atoms with Gasteiger partial charge >= 0.3 is 6.18 Å². The van der Waals surface area contributed by atoms with E-state index >= 15 is 0 Å². The van der Waals surface area contributed by atoms with Crippen molar-refractivity contribution in [3.8, 4) is 6.07 Å². The molecule has 2 rings (SSSR count). The number of sulfone groups is 1. The first kappa shape index (κ1) is 22.1. The molecule has 2 N–H and O–H groups in total. The lowest BCUT2D eigenvalue weighted by Crippen LogP contribution is -2.52. The zero-order valence-electron chi connectivity index (χ0n) is 14.9. The molecule has 0 aliphatic heterocycles. The van der Waals surface area contributed by atoms with Crippen molar-refractivity contribution in [1.82, 2.24) is 10.6 Å². The second-order valence-electron chi connectivity index (χ2n) is 6.85. The molecule has 28 heavy (non-hydrogen) atoms. The van der Waals surface area contributed by atoms with Crippen LogP contribution in [-0.2, 0) is 14.6 Å². The van der Waals surface area contributed by atoms with E-state index in [2.05, 4.69) is 10.6 Å². The molecule has 1 aromatic rings. The third-order valence-corrected chi connectivity index (χ3v) is 5.30. The lowest BCUT2D eigenvalue weighted by Gasteiger charge is -2.28. The fourth-order valence-electron chi connectivity index (χ4n) is 2.57. The zero-order valence-corrected chi connectivity index (χ0v) is 15.7. The second kappa shape index (κ2) is 8.05. The van der Waals surface area contributed by atoms with Gasteiger partial charge in [-0.05, 0) is 37.0 Å². The van der Waals surface area contributed by atoms with Crippen LogP contribution in [0.1, 0.15) is 30.9 Å². The highest BCUT2D eigenvalue weighted by molar-refractivity contribution is 7.90. The molecule has 2 atom stereocenters. The van der Waals surface area contributed by atoms with Gasteiger partial charge in [0.05, 0.1) is 17.9 Å². The van der Waals surface area contributed by atoms with Gasteiger partial charge in [0.1, 0.15) is 27.2 Å². The number of alkyl halides is 3. The molecule has 1 unspecified atom stereocenters. The Morgan fingerprint density at radius 2 is 1.86 bits per heavy atom. The molecule has 1 amide bonds. The molecule has 1 aliphatic carbocycles. The van der Waals surface area contributed by atoms with E-state index in [0.29, 0.717) is 12.8 Å². The van der Waals surface area contributed by atoms with Gasteiger partial charge in [0, 0.05) is 6.26 Å². The number of hydrogen-bond donors (Lipinski definition) is 2. The van der Waals surface area contributed by atoms with Crippen molar-refractivity contribution in [2.75, 3.05) is 12.0 Å². The summed E-state index contributed by atoms with van der Waals surface area (Å²) in [6.07, 6.45) is -3.60. The van der Waals surface area contributed by atoms with Crippen molar-refractivity contribution >= 4 is 15.7 Å². The van der Waals surface area contributed by atoms with Gasteiger partial charge in [0.25, 0.3) is 0 Å². The fraction of sp³-hybridized carbons (Fsp3) is 0.529. The van der Waals surface area contributed by atoms with E-state index < -0.39 is 57.5 Å². The molecular formula is C17H19F4N3O3S. The van der Waals surface area contributed by atoms with Crippen LogP contribution in [0.5, 0.6) is 0 Å². The first-order valence-corrected chi connectivity index (χ1v) is 10.4. The number of nitriles is 1. The number of amides is 1. The number of benzene rings is 1. The van der Waals surface area contributed by atoms with Gasteiger partial charge in [-0.2, -0.15) is 18.4 Å². The largest absolute Gasteiger partial charge is 0.407 e. The minimum absolute atomic E-state index is 0.326. The highest BCUT2D eigenvalue weighted by Gasteiger charge is 2.47. The quantitative estimate of drug-likeness (QED) is 0.626. The van der Waals surface area contributed by atoms with Gasteiger partial charge in [0.2, 0.25) is 5.91 Å². The summed E-state index contributed by atoms with van der Waals surface area (Å²) in [4.78, 5) is 12.5. The van der Waals surface area contributed by atoms with Crippen molar-refractivity contribution in [2.45, 2.75) is 43.1 Å². The molecule has 1 aliphatic rings. The minimum Gasteiger partial charge on any atom is -0.336 e. The first-order valence-electron chi connectivity index (χ1n) is 8.34. The summed E-state index contributed by atoms with van der Waals surface area (Å²) in [7, 11) is -3.54. The molecule has 11 heteroatoms. The summed E-state index contributed by atoms with van der Waals surface area (Å²) < 4.78 is 76.6. The number of rotatable bonds is 8. The Morgan fingerprint density at radius 1 is 1.29 bits per heavy atom. The van der Waals surface area contributed by atoms with Crippen LogP contribution in [0.15, 0.2) is 24.3 Å². The monoisotopic (exact) mass is 421 g/mol. The molecule has 0 heterocycles. The first-order chi connectivity index (χ1) is 12.9. The predicted octanol–water partition coefficient (Wildman–Crippen LogP) is 1.99. The normalized spacial score (nSPS) is 18.0. The molecule has 0 bridgehead atoms. The van der Waals surface area contributed by atoms with Crippen LogP contribution in [0.25, 0.3) is 0 Å². The van der Waals surface area contributed by atoms with Gasteiger partial charge < -0.3 is 5.32 Å². The summed E-state index contributed by atoms with van der Waals surface area (Å²) in [5, 5.41) is 13.6. The number of hydrogen-bond acceptors (Lipinski definition) is 5. The van der Waals surface area contributed by atoms with Crippen molar-refractivity contribution in [3.05, 3.63) is 35.6 Å². The van der Waals surface area contributed by atoms with Crippen molar-refractivity contribution < 1.29 is 30.8 Å². The highest BCUT2D eigenvalue weighted by Crippen LogP contribution is 2.35. The summed E-state index contributed by atoms with van der Waals surface area (Å²) in [5.41, 5.74) is -1.45. The van der Waals surface area contributed by atoms with Crippen molar-refractivity contribution in [3.63, 3.8) is 0 Å². The number of nitrogens with zero attached hydrogens (tertiary/aromatic N) is 1. The number of carbonyl (C=O) groups excluding carboxylic acids is 1. The van der Waals surface area contributed by atoms with Crippen LogP contribution < -0.4 is 10.6 Å². The van der Waals surface area contributed by atoms with Crippen molar-refractivity contribution in [2.24, 2.45) is 0 Å². The summed E-state index contributed by atoms with van der Waals surface area (Å²) in [6.45, 7) is 0. The van der Waals surface area contributed by atoms with E-state index in [-0.39, 0.29) is 5.56 Å². The molecule has 1 aromatic carbocycles. The van der Waals surface area contributed by atoms with E-state index in [1.54, 1.807) is 0 Å². The molecule has 0 aromatic heterocycles. The maximum absolute atomic E-state index is 13.6. The SMILES string of the molecule is CS(=O)(=O)CCC(N[C@@H](c1ccc(F)cc1)C(F)(F)F)C(=O)NC1(C#N)CC1. The van der Waals surface area contributed by atoms with Crippen LogP contribution in [0.4, 0.5) is 17.6 Å². The molecule has 154 valence electrons. The minimum atomic E-state index is -4.83. The smallest absolute Gasteiger partial charge is 0.336 e. The van der Waals surface area contributed by atoms with E-state index in [1.807, 2.05) is 6.07 Å². The van der Waals surface area contributed by atoms with Gasteiger partial charge in [-0.25, -0.2) is 12.8 Å². The Balaban J connectivity index is 2.27. The molecule has 0 radical (unpaired) electrons. The van der Waals surface area contributed by atoms with Crippen LogP contribution in [-0.4, -0.2) is 44.1 Å². The number of carbonyl (C=O) groups is 1. The zero-order chi connectivity index (χ0) is 21.2. The topological polar surface area (TPSA) is 99.1 Å². The van der Waals surface area contributed by atoms with Gasteiger partial charge in [-0.15, -0.1) is 0 Å². The maximum atomic E-state index is 13.6. The molecular weight excluding hydrogens is 402 g/mol. The third kappa shape index (κ3) is 6.17. The van der Waals surface area contributed by atoms with E-state index in [0.717, 1.165) is 30.5 Å². The van der Waals surface area contributed by atoms with Crippen molar-refractivity contribution in [1.29, 1.82) is 5.26 Å². The molecule has 1 fully saturated rings. The van der Waals surface area contributed by atoms with Gasteiger partial charge in [-0.1, -0.05) is 12.1 Å². The molecule has 0 saturated heterocycles. The Bertz CT molecular complexity index is 859. The van der Waals surface area contributed by atoms with E-state index in [4.69, 9.17) is 5.26 Å². The molecule has 6 nitrogen and oxygen atoms in total. The Hall–Kier alpha value is -2.19. The Kier molecular flexibility index (Phi) is 6.35. The van der Waals surface area contributed by atoms with Crippen LogP contribution in [0.2, 0.25) is 0 Å². The molecule has 1 saturated carbocycles. The average Bonchev–Trinajstić information content (AvgIpc) is 3.34. The van der Waals surface area contributed by atoms with Crippen LogP contribution in [0.3, 0.4) is 0 Å².